The molecule has 0 saturated heterocycles. The van der Waals surface area contributed by atoms with E-state index in [2.05, 4.69) is 4.98 Å². The van der Waals surface area contributed by atoms with Crippen molar-refractivity contribution in [3.8, 4) is 11.3 Å². The van der Waals surface area contributed by atoms with Crippen LogP contribution in [-0.4, -0.2) is 10.9 Å². The first-order valence-electron chi connectivity index (χ1n) is 9.63. The van der Waals surface area contributed by atoms with Gasteiger partial charge in [-0.05, 0) is 24.1 Å². The predicted molar refractivity (Wildman–Crippen MR) is 111 cm³/mol. The van der Waals surface area contributed by atoms with Gasteiger partial charge in [-0.15, -0.1) is 0 Å². The van der Waals surface area contributed by atoms with Crippen LogP contribution in [0.25, 0.3) is 22.2 Å². The number of para-hydroxylation sites is 1. The molecule has 3 aromatic carbocycles. The molecule has 0 fully saturated rings. The predicted octanol–water partition coefficient (Wildman–Crippen LogP) is 6.41. The van der Waals surface area contributed by atoms with Crippen molar-refractivity contribution in [2.45, 2.75) is 13.3 Å². The number of benzene rings is 3. The molecular formula is C24H15F5N2O. The first-order chi connectivity index (χ1) is 15.3. The van der Waals surface area contributed by atoms with Gasteiger partial charge in [0.25, 0.3) is 5.91 Å². The Labute approximate surface area is 179 Å². The van der Waals surface area contributed by atoms with Gasteiger partial charge < -0.3 is 5.32 Å². The Hall–Kier alpha value is -3.81. The van der Waals surface area contributed by atoms with Gasteiger partial charge in [-0.2, -0.15) is 0 Å². The molecule has 0 radical (unpaired) electrons. The van der Waals surface area contributed by atoms with Gasteiger partial charge >= 0.3 is 0 Å². The molecule has 3 nitrogen and oxygen atoms in total. The fraction of sp³-hybridized carbons (Fsp3) is 0.0833. The van der Waals surface area contributed by atoms with Gasteiger partial charge in [0.2, 0.25) is 5.82 Å². The number of nitrogens with one attached hydrogen (secondary N) is 1. The van der Waals surface area contributed by atoms with Crippen molar-refractivity contribution in [1.82, 2.24) is 4.98 Å². The topological polar surface area (TPSA) is 42.0 Å². The number of fused-ring (bicyclic) bond motifs is 1. The summed E-state index contributed by atoms with van der Waals surface area (Å²) < 4.78 is 68.5. The highest BCUT2D eigenvalue weighted by atomic mass is 19.2. The van der Waals surface area contributed by atoms with E-state index in [-0.39, 0.29) is 5.56 Å². The summed E-state index contributed by atoms with van der Waals surface area (Å²) in [5, 5.41) is 2.18. The molecule has 1 N–H and O–H groups in total. The van der Waals surface area contributed by atoms with Crippen LogP contribution >= 0.6 is 0 Å². The maximum atomic E-state index is 14.1. The van der Waals surface area contributed by atoms with E-state index >= 15 is 0 Å². The van der Waals surface area contributed by atoms with Gasteiger partial charge in [-0.3, -0.25) is 4.79 Å². The molecule has 1 heterocycles. The number of anilines is 1. The van der Waals surface area contributed by atoms with E-state index in [0.717, 1.165) is 12.0 Å². The Morgan fingerprint density at radius 1 is 0.844 bits per heavy atom. The number of hydrogen-bond donors (Lipinski definition) is 1. The molecule has 0 saturated carbocycles. The van der Waals surface area contributed by atoms with E-state index in [1.54, 1.807) is 24.3 Å². The van der Waals surface area contributed by atoms with Crippen molar-refractivity contribution in [1.29, 1.82) is 0 Å². The van der Waals surface area contributed by atoms with Crippen molar-refractivity contribution < 1.29 is 26.7 Å². The second-order valence-electron chi connectivity index (χ2n) is 7.02. The summed E-state index contributed by atoms with van der Waals surface area (Å²) in [6, 6.07) is 15.4. The summed E-state index contributed by atoms with van der Waals surface area (Å²) >= 11 is 0. The number of hydrogen-bond acceptors (Lipinski definition) is 2. The van der Waals surface area contributed by atoms with Crippen LogP contribution in [0, 0.1) is 29.1 Å². The number of nitrogens with zero attached hydrogens (tertiary/aromatic N) is 1. The molecule has 1 amide bonds. The molecule has 0 aliphatic carbocycles. The van der Waals surface area contributed by atoms with Gasteiger partial charge in [0, 0.05) is 10.9 Å². The Kier molecular flexibility index (Phi) is 5.61. The highest BCUT2D eigenvalue weighted by Gasteiger charge is 2.27. The first kappa shape index (κ1) is 21.4. The first-order valence-corrected chi connectivity index (χ1v) is 9.63. The monoisotopic (exact) mass is 442 g/mol. The zero-order chi connectivity index (χ0) is 23.0. The minimum Gasteiger partial charge on any atom is -0.317 e. The number of carbonyl (C=O) groups is 1. The summed E-state index contributed by atoms with van der Waals surface area (Å²) in [7, 11) is 0. The maximum absolute atomic E-state index is 14.1. The zero-order valence-electron chi connectivity index (χ0n) is 16.6. The third-order valence-corrected chi connectivity index (χ3v) is 5.07. The Morgan fingerprint density at radius 3 is 2.06 bits per heavy atom. The summed E-state index contributed by atoms with van der Waals surface area (Å²) in [6.45, 7) is 2.01. The van der Waals surface area contributed by atoms with Crippen LogP contribution in [0.3, 0.4) is 0 Å². The van der Waals surface area contributed by atoms with E-state index in [0.29, 0.717) is 22.2 Å². The molecule has 0 aliphatic rings. The average molecular weight is 442 g/mol. The molecule has 4 aromatic rings. The van der Waals surface area contributed by atoms with Crippen molar-refractivity contribution in [2.75, 3.05) is 5.32 Å². The smallest absolute Gasteiger partial charge is 0.256 e. The van der Waals surface area contributed by atoms with E-state index in [9.17, 15) is 26.7 Å². The van der Waals surface area contributed by atoms with E-state index in [1.807, 2.05) is 36.5 Å². The lowest BCUT2D eigenvalue weighted by molar-refractivity contribution is 0.102. The Bertz CT molecular complexity index is 1320. The standard InChI is InChI=1S/C24H15F5N2O/c1-2-12-7-9-13(10-8-12)17-11-15(14-5-3-4-6-16(14)30-17)24(32)31-23-21(28)19(26)18(25)20(27)22(23)29/h3-11H,2H2,1H3,(H,31,32). The molecule has 4 rings (SSSR count). The number of carbonyl (C=O) groups excluding carboxylic acids is 1. The highest BCUT2D eigenvalue weighted by molar-refractivity contribution is 6.13. The number of amides is 1. The summed E-state index contributed by atoms with van der Waals surface area (Å²) in [6.07, 6.45) is 0.834. The van der Waals surface area contributed by atoms with Crippen molar-refractivity contribution in [2.24, 2.45) is 0 Å². The van der Waals surface area contributed by atoms with E-state index < -0.39 is 40.7 Å². The second-order valence-corrected chi connectivity index (χ2v) is 7.02. The Balaban J connectivity index is 1.83. The fourth-order valence-electron chi connectivity index (χ4n) is 3.32. The van der Waals surface area contributed by atoms with Gasteiger partial charge in [0.1, 0.15) is 5.69 Å². The molecule has 162 valence electrons. The van der Waals surface area contributed by atoms with Crippen LogP contribution in [-0.2, 0) is 6.42 Å². The SMILES string of the molecule is CCc1ccc(-c2cc(C(=O)Nc3c(F)c(F)c(F)c(F)c3F)c3ccccc3n2)cc1. The fourth-order valence-corrected chi connectivity index (χ4v) is 3.32. The largest absolute Gasteiger partial charge is 0.317 e. The number of rotatable bonds is 4. The van der Waals surface area contributed by atoms with Gasteiger partial charge in [-0.25, -0.2) is 26.9 Å². The average Bonchev–Trinajstić information content (AvgIpc) is 2.83. The second kappa shape index (κ2) is 8.37. The zero-order valence-corrected chi connectivity index (χ0v) is 16.6. The maximum Gasteiger partial charge on any atom is 0.256 e. The number of pyridine rings is 1. The third-order valence-electron chi connectivity index (χ3n) is 5.07. The highest BCUT2D eigenvalue weighted by Crippen LogP contribution is 2.30. The number of halogens is 5. The van der Waals surface area contributed by atoms with Crippen LogP contribution in [0.15, 0.2) is 54.6 Å². The number of aromatic nitrogens is 1. The Morgan fingerprint density at radius 2 is 1.44 bits per heavy atom. The molecule has 0 aliphatic heterocycles. The molecule has 0 unspecified atom stereocenters. The van der Waals surface area contributed by atoms with Crippen LogP contribution in [0.4, 0.5) is 27.6 Å². The normalized spacial score (nSPS) is 11.1. The van der Waals surface area contributed by atoms with Crippen molar-refractivity contribution in [3.63, 3.8) is 0 Å². The summed E-state index contributed by atoms with van der Waals surface area (Å²) in [4.78, 5) is 17.4. The van der Waals surface area contributed by atoms with Crippen LogP contribution in [0.5, 0.6) is 0 Å². The third kappa shape index (κ3) is 3.68. The van der Waals surface area contributed by atoms with Crippen molar-refractivity contribution in [3.05, 3.63) is 94.8 Å². The van der Waals surface area contributed by atoms with E-state index in [4.69, 9.17) is 0 Å². The van der Waals surface area contributed by atoms with Crippen LogP contribution in [0.2, 0.25) is 0 Å². The van der Waals surface area contributed by atoms with E-state index in [1.165, 1.54) is 6.07 Å². The lowest BCUT2D eigenvalue weighted by Crippen LogP contribution is -2.17. The molecule has 32 heavy (non-hydrogen) atoms. The minimum atomic E-state index is -2.30. The minimum absolute atomic E-state index is 0.0332. The molecule has 0 spiro atoms. The van der Waals surface area contributed by atoms with Gasteiger partial charge in [-0.1, -0.05) is 49.4 Å². The van der Waals surface area contributed by atoms with Gasteiger partial charge in [0.05, 0.1) is 16.8 Å². The molecule has 0 atom stereocenters. The lowest BCUT2D eigenvalue weighted by atomic mass is 10.0. The quantitative estimate of drug-likeness (QED) is 0.225. The molecule has 8 heteroatoms. The van der Waals surface area contributed by atoms with Gasteiger partial charge in [0.15, 0.2) is 23.3 Å². The van der Waals surface area contributed by atoms with Crippen LogP contribution < -0.4 is 5.32 Å². The lowest BCUT2D eigenvalue weighted by Gasteiger charge is -2.13. The van der Waals surface area contributed by atoms with Crippen LogP contribution in [0.1, 0.15) is 22.8 Å². The molecule has 1 aromatic heterocycles. The van der Waals surface area contributed by atoms with Crippen molar-refractivity contribution >= 4 is 22.5 Å². The summed E-state index contributed by atoms with van der Waals surface area (Å²) in [5.41, 5.74) is 1.17. The molecular weight excluding hydrogens is 427 g/mol. The summed E-state index contributed by atoms with van der Waals surface area (Å²) in [5.74, 6) is -11.9. The molecule has 0 bridgehead atoms. The number of aryl methyl sites for hydroxylation is 1.